The topological polar surface area (TPSA) is 63.3 Å². The fourth-order valence-corrected chi connectivity index (χ4v) is 4.86. The summed E-state index contributed by atoms with van der Waals surface area (Å²) in [6.45, 7) is 2.27. The minimum absolute atomic E-state index is 0.345. The van der Waals surface area contributed by atoms with E-state index in [4.69, 9.17) is 10.8 Å². The van der Waals surface area contributed by atoms with Crippen LogP contribution in [-0.4, -0.2) is 11.1 Å². The summed E-state index contributed by atoms with van der Waals surface area (Å²) in [5.74, 6) is -0.653. The van der Waals surface area contributed by atoms with Crippen molar-refractivity contribution >= 4 is 22.4 Å². The number of carboxylic acid groups (broad SMARTS) is 1. The number of fused-ring (bicyclic) bond motifs is 1. The smallest absolute Gasteiger partial charge is 0.303 e. The first-order chi connectivity index (χ1) is 18.1. The molecule has 0 aliphatic rings. The average molecular weight is 504 g/mol. The molecular formula is C34H49NO2. The zero-order valence-electron chi connectivity index (χ0n) is 23.1. The number of benzene rings is 3. The molecule has 0 saturated heterocycles. The molecule has 0 spiro atoms. The molecule has 3 aromatic carbocycles. The summed E-state index contributed by atoms with van der Waals surface area (Å²) in [7, 11) is 0. The molecule has 0 unspecified atom stereocenters. The van der Waals surface area contributed by atoms with Gasteiger partial charge in [-0.15, -0.1) is 0 Å². The number of hydrogen-bond donors (Lipinski definition) is 2. The number of anilines is 1. The van der Waals surface area contributed by atoms with Crippen molar-refractivity contribution in [2.24, 2.45) is 0 Å². The molecule has 0 bridgehead atoms. The van der Waals surface area contributed by atoms with Gasteiger partial charge in [-0.2, -0.15) is 0 Å². The second-order valence-corrected chi connectivity index (χ2v) is 10.2. The third-order valence-electron chi connectivity index (χ3n) is 7.02. The number of unbranched alkanes of at least 4 members (excludes halogenated alkanes) is 14. The van der Waals surface area contributed by atoms with Gasteiger partial charge >= 0.3 is 5.97 Å². The summed E-state index contributed by atoms with van der Waals surface area (Å²) in [5.41, 5.74) is 9.24. The van der Waals surface area contributed by atoms with Gasteiger partial charge in [-0.25, -0.2) is 0 Å². The average Bonchev–Trinajstić information content (AvgIpc) is 2.91. The van der Waals surface area contributed by atoms with Gasteiger partial charge in [0.1, 0.15) is 0 Å². The van der Waals surface area contributed by atoms with Crippen LogP contribution in [0.2, 0.25) is 0 Å². The van der Waals surface area contributed by atoms with Gasteiger partial charge < -0.3 is 10.8 Å². The summed E-state index contributed by atoms with van der Waals surface area (Å²) in [4.78, 5) is 10.3. The van der Waals surface area contributed by atoms with Gasteiger partial charge in [0.25, 0.3) is 0 Å². The Kier molecular flexibility index (Phi) is 15.9. The predicted octanol–water partition coefficient (Wildman–Crippen LogP) is 10.4. The maximum Gasteiger partial charge on any atom is 0.303 e. The summed E-state index contributed by atoms with van der Waals surface area (Å²) in [6.07, 6.45) is 20.2. The quantitative estimate of drug-likeness (QED) is 0.142. The van der Waals surface area contributed by atoms with E-state index in [9.17, 15) is 4.79 Å². The monoisotopic (exact) mass is 503 g/mol. The molecule has 0 fully saturated rings. The Morgan fingerprint density at radius 1 is 0.622 bits per heavy atom. The van der Waals surface area contributed by atoms with E-state index in [0.29, 0.717) is 6.42 Å². The first kappa shape index (κ1) is 30.4. The van der Waals surface area contributed by atoms with Crippen LogP contribution in [0.25, 0.3) is 21.9 Å². The lowest BCUT2D eigenvalue weighted by atomic mass is 9.97. The minimum Gasteiger partial charge on any atom is -0.481 e. The van der Waals surface area contributed by atoms with Crippen molar-refractivity contribution in [3.8, 4) is 11.1 Å². The Bertz CT molecular complexity index is 999. The van der Waals surface area contributed by atoms with Crippen molar-refractivity contribution in [1.82, 2.24) is 0 Å². The van der Waals surface area contributed by atoms with Crippen LogP contribution in [-0.2, 0) is 4.79 Å². The number of hydrogen-bond acceptors (Lipinski definition) is 2. The van der Waals surface area contributed by atoms with Crippen LogP contribution < -0.4 is 5.73 Å². The van der Waals surface area contributed by atoms with Crippen LogP contribution in [0.15, 0.2) is 66.7 Å². The van der Waals surface area contributed by atoms with E-state index in [1.54, 1.807) is 0 Å². The van der Waals surface area contributed by atoms with Crippen molar-refractivity contribution in [1.29, 1.82) is 0 Å². The van der Waals surface area contributed by atoms with Crippen molar-refractivity contribution in [2.45, 2.75) is 110 Å². The van der Waals surface area contributed by atoms with Crippen molar-refractivity contribution < 1.29 is 9.90 Å². The number of rotatable bonds is 17. The summed E-state index contributed by atoms with van der Waals surface area (Å²) in [5, 5.41) is 10.9. The lowest BCUT2D eigenvalue weighted by molar-refractivity contribution is -0.137. The lowest BCUT2D eigenvalue weighted by Gasteiger charge is -2.10. The van der Waals surface area contributed by atoms with Crippen molar-refractivity contribution in [3.63, 3.8) is 0 Å². The molecule has 37 heavy (non-hydrogen) atoms. The zero-order valence-corrected chi connectivity index (χ0v) is 23.1. The van der Waals surface area contributed by atoms with Gasteiger partial charge in [-0.1, -0.05) is 157 Å². The Morgan fingerprint density at radius 3 is 1.65 bits per heavy atom. The van der Waals surface area contributed by atoms with E-state index in [1.165, 1.54) is 99.8 Å². The largest absolute Gasteiger partial charge is 0.481 e. The van der Waals surface area contributed by atoms with E-state index < -0.39 is 5.97 Å². The Balaban J connectivity index is 0.000000262. The third kappa shape index (κ3) is 12.8. The van der Waals surface area contributed by atoms with E-state index in [2.05, 4.69) is 37.3 Å². The molecule has 0 amide bonds. The highest BCUT2D eigenvalue weighted by atomic mass is 16.4. The molecule has 3 aromatic rings. The number of nitrogen functional groups attached to an aromatic ring is 1. The van der Waals surface area contributed by atoms with Gasteiger partial charge in [-0.3, -0.25) is 4.79 Å². The Hall–Kier alpha value is -2.81. The van der Waals surface area contributed by atoms with Gasteiger partial charge in [0, 0.05) is 17.7 Å². The van der Waals surface area contributed by atoms with Gasteiger partial charge in [-0.05, 0) is 28.8 Å². The van der Waals surface area contributed by atoms with E-state index in [1.807, 2.05) is 36.4 Å². The second-order valence-electron chi connectivity index (χ2n) is 10.2. The molecule has 3 N–H and O–H groups in total. The van der Waals surface area contributed by atoms with E-state index >= 15 is 0 Å². The first-order valence-electron chi connectivity index (χ1n) is 14.7. The van der Waals surface area contributed by atoms with Gasteiger partial charge in [0.05, 0.1) is 0 Å². The predicted molar refractivity (Wildman–Crippen MR) is 161 cm³/mol. The molecule has 0 atom stereocenters. The molecule has 0 aromatic heterocycles. The van der Waals surface area contributed by atoms with Crippen molar-refractivity contribution in [3.05, 3.63) is 66.7 Å². The molecule has 0 saturated carbocycles. The number of carboxylic acids is 1. The maximum absolute atomic E-state index is 10.3. The molecule has 0 radical (unpaired) electrons. The van der Waals surface area contributed by atoms with Crippen LogP contribution in [0.4, 0.5) is 5.69 Å². The highest BCUT2D eigenvalue weighted by Crippen LogP contribution is 2.33. The minimum atomic E-state index is -0.653. The van der Waals surface area contributed by atoms with Crippen LogP contribution in [0.5, 0.6) is 0 Å². The molecule has 3 nitrogen and oxygen atoms in total. The SMILES string of the molecule is CCCCCCCCCCCCCCCCCC(=O)O.Nc1ccc2ccccc2c1-c1ccccc1. The Labute approximate surface area is 225 Å². The summed E-state index contributed by atoms with van der Waals surface area (Å²) in [6, 6.07) is 22.7. The normalized spacial score (nSPS) is 10.7. The fraction of sp³-hybridized carbons (Fsp3) is 0.500. The molecule has 3 heteroatoms. The maximum atomic E-state index is 10.3. The second kappa shape index (κ2) is 19.3. The van der Waals surface area contributed by atoms with Crippen molar-refractivity contribution in [2.75, 3.05) is 5.73 Å². The molecule has 0 aliphatic carbocycles. The van der Waals surface area contributed by atoms with E-state index in [0.717, 1.165) is 24.1 Å². The summed E-state index contributed by atoms with van der Waals surface area (Å²) >= 11 is 0. The van der Waals surface area contributed by atoms with Crippen LogP contribution in [0.3, 0.4) is 0 Å². The molecule has 202 valence electrons. The van der Waals surface area contributed by atoms with Gasteiger partial charge in [0.15, 0.2) is 0 Å². The van der Waals surface area contributed by atoms with Crippen LogP contribution in [0.1, 0.15) is 110 Å². The highest BCUT2D eigenvalue weighted by molar-refractivity contribution is 6.02. The first-order valence-corrected chi connectivity index (χ1v) is 14.7. The van der Waals surface area contributed by atoms with Crippen LogP contribution >= 0.6 is 0 Å². The number of nitrogens with two attached hydrogens (primary N) is 1. The zero-order chi connectivity index (χ0) is 26.6. The van der Waals surface area contributed by atoms with Gasteiger partial charge in [0.2, 0.25) is 0 Å². The molecule has 0 aliphatic heterocycles. The number of aliphatic carboxylic acids is 1. The highest BCUT2D eigenvalue weighted by Gasteiger charge is 2.06. The standard InChI is InChI=1S/C18H36O2.C16H13N/c1-2-3-4-5-6-7-8-9-10-11-12-13-14-15-16-17-18(19)20;17-15-11-10-12-6-4-5-9-14(12)16(15)13-7-2-1-3-8-13/h2-17H2,1H3,(H,19,20);1-11H,17H2. The Morgan fingerprint density at radius 2 is 1.11 bits per heavy atom. The molecule has 0 heterocycles. The van der Waals surface area contributed by atoms with E-state index in [-0.39, 0.29) is 0 Å². The third-order valence-corrected chi connectivity index (χ3v) is 7.02. The molecular weight excluding hydrogens is 454 g/mol. The number of carbonyl (C=O) groups is 1. The molecule has 3 rings (SSSR count). The van der Waals surface area contributed by atoms with Crippen LogP contribution in [0, 0.1) is 0 Å². The fourth-order valence-electron chi connectivity index (χ4n) is 4.86. The lowest BCUT2D eigenvalue weighted by Crippen LogP contribution is -1.93. The summed E-state index contributed by atoms with van der Waals surface area (Å²) < 4.78 is 0.